The van der Waals surface area contributed by atoms with Gasteiger partial charge < -0.3 is 17.2 Å². The van der Waals surface area contributed by atoms with Crippen LogP contribution in [0.5, 0.6) is 0 Å². The van der Waals surface area contributed by atoms with Gasteiger partial charge in [0.1, 0.15) is 10.6 Å². The Kier molecular flexibility index (Phi) is 2.66. The highest BCUT2D eigenvalue weighted by Crippen LogP contribution is 2.31. The highest BCUT2D eigenvalue weighted by Gasteiger charge is 2.20. The van der Waals surface area contributed by atoms with E-state index in [4.69, 9.17) is 17.2 Å². The van der Waals surface area contributed by atoms with Crippen molar-refractivity contribution in [3.05, 3.63) is 29.1 Å². The Morgan fingerprint density at radius 2 is 2.06 bits per heavy atom. The van der Waals surface area contributed by atoms with Gasteiger partial charge in [0.2, 0.25) is 0 Å². The minimum absolute atomic E-state index is 0.324. The standard InChI is InChI=1S/C10H12N4OS/c11-6-3-1-5(2-4-6)8-7(9(12)15)10(13)16-14-8/h1,3H,2,4,11,13H2,(H2,12,15). The average molecular weight is 236 g/mol. The Bertz CT molecular complexity index is 501. The largest absolute Gasteiger partial charge is 0.402 e. The van der Waals surface area contributed by atoms with Gasteiger partial charge in [-0.3, -0.25) is 4.79 Å². The fourth-order valence-corrected chi connectivity index (χ4v) is 2.30. The van der Waals surface area contributed by atoms with E-state index in [1.54, 1.807) is 0 Å². The number of nitrogens with zero attached hydrogens (tertiary/aromatic N) is 1. The van der Waals surface area contributed by atoms with E-state index in [0.29, 0.717) is 16.3 Å². The summed E-state index contributed by atoms with van der Waals surface area (Å²) >= 11 is 1.09. The van der Waals surface area contributed by atoms with Crippen LogP contribution in [-0.4, -0.2) is 10.3 Å². The number of hydrogen-bond acceptors (Lipinski definition) is 5. The molecule has 1 aliphatic carbocycles. The third-order valence-corrected chi connectivity index (χ3v) is 3.13. The quantitative estimate of drug-likeness (QED) is 0.707. The zero-order valence-electron chi connectivity index (χ0n) is 8.56. The Labute approximate surface area is 96.8 Å². The Balaban J connectivity index is 2.45. The SMILES string of the molecule is NC(=O)c1c(C2=CC=C(N)CC2)nsc1N. The molecule has 0 fully saturated rings. The van der Waals surface area contributed by atoms with Gasteiger partial charge in [0, 0.05) is 5.70 Å². The second-order valence-electron chi connectivity index (χ2n) is 3.57. The second-order valence-corrected chi connectivity index (χ2v) is 4.37. The van der Waals surface area contributed by atoms with Crippen LogP contribution in [0, 0.1) is 0 Å². The van der Waals surface area contributed by atoms with Crippen molar-refractivity contribution in [2.24, 2.45) is 11.5 Å². The lowest BCUT2D eigenvalue weighted by Crippen LogP contribution is -2.14. The lowest BCUT2D eigenvalue weighted by molar-refractivity contribution is 0.100. The number of hydrogen-bond donors (Lipinski definition) is 3. The maximum Gasteiger partial charge on any atom is 0.253 e. The number of aromatic nitrogens is 1. The fourth-order valence-electron chi connectivity index (χ4n) is 1.61. The number of nitrogens with two attached hydrogens (primary N) is 3. The zero-order valence-corrected chi connectivity index (χ0v) is 9.38. The summed E-state index contributed by atoms with van der Waals surface area (Å²) in [6.07, 6.45) is 5.20. The summed E-state index contributed by atoms with van der Waals surface area (Å²) in [7, 11) is 0. The lowest BCUT2D eigenvalue weighted by Gasteiger charge is -2.10. The smallest absolute Gasteiger partial charge is 0.253 e. The van der Waals surface area contributed by atoms with Crippen LogP contribution >= 0.6 is 11.5 Å². The first-order chi connectivity index (χ1) is 7.59. The van der Waals surface area contributed by atoms with Gasteiger partial charge in [-0.05, 0) is 36.0 Å². The lowest BCUT2D eigenvalue weighted by atomic mass is 9.97. The first-order valence-electron chi connectivity index (χ1n) is 4.80. The van der Waals surface area contributed by atoms with Crippen molar-refractivity contribution in [2.45, 2.75) is 12.8 Å². The minimum atomic E-state index is -0.537. The molecule has 0 unspecified atom stereocenters. The molecule has 1 aliphatic rings. The topological polar surface area (TPSA) is 108 Å². The van der Waals surface area contributed by atoms with Crippen LogP contribution in [-0.2, 0) is 0 Å². The maximum absolute atomic E-state index is 11.3. The molecule has 0 radical (unpaired) electrons. The van der Waals surface area contributed by atoms with Crippen LogP contribution in [0.15, 0.2) is 17.8 Å². The maximum atomic E-state index is 11.3. The van der Waals surface area contributed by atoms with Crippen LogP contribution < -0.4 is 17.2 Å². The van der Waals surface area contributed by atoms with E-state index in [9.17, 15) is 4.79 Å². The van der Waals surface area contributed by atoms with Crippen LogP contribution in [0.4, 0.5) is 5.00 Å². The predicted molar refractivity (Wildman–Crippen MR) is 64.5 cm³/mol. The molecule has 0 atom stereocenters. The summed E-state index contributed by atoms with van der Waals surface area (Å²) < 4.78 is 4.16. The van der Waals surface area contributed by atoms with Gasteiger partial charge >= 0.3 is 0 Å². The van der Waals surface area contributed by atoms with Gasteiger partial charge in [0.15, 0.2) is 0 Å². The molecule has 5 nitrogen and oxygen atoms in total. The normalized spacial score (nSPS) is 15.5. The Morgan fingerprint density at radius 1 is 1.31 bits per heavy atom. The summed E-state index contributed by atoms with van der Waals surface area (Å²) in [6, 6.07) is 0. The van der Waals surface area contributed by atoms with Crippen molar-refractivity contribution >= 4 is 28.0 Å². The minimum Gasteiger partial charge on any atom is -0.402 e. The van der Waals surface area contributed by atoms with Crippen molar-refractivity contribution in [1.29, 1.82) is 0 Å². The molecular formula is C10H12N4OS. The predicted octanol–water partition coefficient (Wildman–Crippen LogP) is 0.844. The number of anilines is 1. The monoisotopic (exact) mass is 236 g/mol. The zero-order chi connectivity index (χ0) is 11.7. The Morgan fingerprint density at radius 3 is 2.62 bits per heavy atom. The third-order valence-electron chi connectivity index (χ3n) is 2.45. The van der Waals surface area contributed by atoms with Gasteiger partial charge in [-0.2, -0.15) is 4.37 Å². The van der Waals surface area contributed by atoms with E-state index in [-0.39, 0.29) is 0 Å². The van der Waals surface area contributed by atoms with E-state index in [2.05, 4.69) is 4.37 Å². The molecule has 6 N–H and O–H groups in total. The molecule has 1 amide bonds. The second kappa shape index (κ2) is 3.97. The molecule has 1 heterocycles. The molecule has 1 aromatic heterocycles. The number of rotatable bonds is 2. The van der Waals surface area contributed by atoms with Crippen molar-refractivity contribution in [3.63, 3.8) is 0 Å². The molecule has 0 saturated carbocycles. The highest BCUT2D eigenvalue weighted by atomic mass is 32.1. The van der Waals surface area contributed by atoms with E-state index >= 15 is 0 Å². The van der Waals surface area contributed by atoms with Gasteiger partial charge in [0.05, 0.1) is 5.69 Å². The van der Waals surface area contributed by atoms with Crippen molar-refractivity contribution in [2.75, 3.05) is 5.73 Å². The summed E-state index contributed by atoms with van der Waals surface area (Å²) in [4.78, 5) is 11.3. The highest BCUT2D eigenvalue weighted by molar-refractivity contribution is 7.10. The number of allylic oxidation sites excluding steroid dienone is 4. The van der Waals surface area contributed by atoms with E-state index in [1.165, 1.54) is 0 Å². The number of primary amides is 1. The Hall–Kier alpha value is -1.82. The van der Waals surface area contributed by atoms with Gasteiger partial charge in [-0.15, -0.1) is 0 Å². The van der Waals surface area contributed by atoms with Crippen molar-refractivity contribution in [3.8, 4) is 0 Å². The van der Waals surface area contributed by atoms with Gasteiger partial charge in [0.25, 0.3) is 5.91 Å². The molecule has 0 spiro atoms. The number of amides is 1. The van der Waals surface area contributed by atoms with Gasteiger partial charge in [-0.25, -0.2) is 0 Å². The average Bonchev–Trinajstić information content (AvgIpc) is 2.61. The molecule has 84 valence electrons. The van der Waals surface area contributed by atoms with Crippen LogP contribution in [0.2, 0.25) is 0 Å². The number of nitrogen functional groups attached to an aromatic ring is 1. The molecule has 0 bridgehead atoms. The van der Waals surface area contributed by atoms with Crippen molar-refractivity contribution in [1.82, 2.24) is 4.37 Å². The molecule has 1 aromatic rings. The molecule has 2 rings (SSSR count). The van der Waals surface area contributed by atoms with E-state index in [0.717, 1.165) is 35.6 Å². The number of carbonyl (C=O) groups excluding carboxylic acids is 1. The molecule has 6 heteroatoms. The van der Waals surface area contributed by atoms with E-state index in [1.807, 2.05) is 12.2 Å². The van der Waals surface area contributed by atoms with Crippen molar-refractivity contribution < 1.29 is 4.79 Å². The molecule has 16 heavy (non-hydrogen) atoms. The van der Waals surface area contributed by atoms with E-state index < -0.39 is 5.91 Å². The van der Waals surface area contributed by atoms with Gasteiger partial charge in [-0.1, -0.05) is 6.08 Å². The van der Waals surface area contributed by atoms with Crippen LogP contribution in [0.25, 0.3) is 5.57 Å². The first-order valence-corrected chi connectivity index (χ1v) is 5.57. The number of carbonyl (C=O) groups is 1. The molecular weight excluding hydrogens is 224 g/mol. The van der Waals surface area contributed by atoms with Crippen LogP contribution in [0.3, 0.4) is 0 Å². The summed E-state index contributed by atoms with van der Waals surface area (Å²) in [5.41, 5.74) is 19.3. The van der Waals surface area contributed by atoms with Crippen LogP contribution in [0.1, 0.15) is 28.9 Å². The molecule has 0 aromatic carbocycles. The summed E-state index contributed by atoms with van der Waals surface area (Å²) in [5, 5.41) is 0.367. The first kappa shape index (κ1) is 10.7. The summed E-state index contributed by atoms with van der Waals surface area (Å²) in [5.74, 6) is -0.537. The third kappa shape index (κ3) is 1.79. The summed E-state index contributed by atoms with van der Waals surface area (Å²) in [6.45, 7) is 0. The molecule has 0 aliphatic heterocycles. The molecule has 0 saturated heterocycles. The fraction of sp³-hybridized carbons (Fsp3) is 0.200.